The van der Waals surface area contributed by atoms with Crippen LogP contribution in [0.3, 0.4) is 0 Å². The van der Waals surface area contributed by atoms with Crippen molar-refractivity contribution in [3.63, 3.8) is 0 Å². The number of carbonyl (C=O) groups is 1. The summed E-state index contributed by atoms with van der Waals surface area (Å²) in [6.07, 6.45) is 5.31. The fraction of sp³-hybridized carbons (Fsp3) is 0.318. The quantitative estimate of drug-likeness (QED) is 0.651. The average molecular weight is 402 g/mol. The Morgan fingerprint density at radius 1 is 1.33 bits per heavy atom. The van der Waals surface area contributed by atoms with Gasteiger partial charge in [0.05, 0.1) is 18.2 Å². The lowest BCUT2D eigenvalue weighted by atomic mass is 10.1. The summed E-state index contributed by atoms with van der Waals surface area (Å²) < 4.78 is 7.39. The number of aryl methyl sites for hydroxylation is 1. The molecule has 0 unspecified atom stereocenters. The van der Waals surface area contributed by atoms with E-state index in [0.29, 0.717) is 41.0 Å². The van der Waals surface area contributed by atoms with Crippen LogP contribution in [0.1, 0.15) is 53.1 Å². The number of hydrogen-bond acceptors (Lipinski definition) is 6. The number of aromatic nitrogens is 4. The molecule has 1 amide bonds. The minimum absolute atomic E-state index is 0.218. The first-order valence-corrected chi connectivity index (χ1v) is 9.85. The zero-order valence-electron chi connectivity index (χ0n) is 16.9. The molecular formula is C22H22N6O2. The molecule has 0 spiro atoms. The van der Waals surface area contributed by atoms with Gasteiger partial charge in [0.15, 0.2) is 11.6 Å². The van der Waals surface area contributed by atoms with Crippen LogP contribution in [0.25, 0.3) is 5.82 Å². The van der Waals surface area contributed by atoms with Gasteiger partial charge in [0.25, 0.3) is 5.91 Å². The third kappa shape index (κ3) is 4.46. The molecule has 2 aromatic heterocycles. The summed E-state index contributed by atoms with van der Waals surface area (Å²) in [5, 5.41) is 16.1. The summed E-state index contributed by atoms with van der Waals surface area (Å²) in [7, 11) is 0. The van der Waals surface area contributed by atoms with Gasteiger partial charge in [-0.15, -0.1) is 0 Å². The third-order valence-corrected chi connectivity index (χ3v) is 4.90. The molecule has 1 aliphatic carbocycles. The van der Waals surface area contributed by atoms with Gasteiger partial charge in [-0.25, -0.2) is 9.97 Å². The highest BCUT2D eigenvalue weighted by Crippen LogP contribution is 2.30. The molecule has 2 heterocycles. The molecular weight excluding hydrogens is 380 g/mol. The van der Waals surface area contributed by atoms with Gasteiger partial charge in [0.1, 0.15) is 18.1 Å². The first kappa shape index (κ1) is 19.6. The molecule has 1 fully saturated rings. The number of rotatable bonds is 7. The highest BCUT2D eigenvalue weighted by molar-refractivity contribution is 5.95. The summed E-state index contributed by atoms with van der Waals surface area (Å²) in [5.41, 5.74) is 1.96. The number of nitrogens with zero attached hydrogens (tertiary/aromatic N) is 5. The number of benzene rings is 1. The van der Waals surface area contributed by atoms with E-state index in [9.17, 15) is 4.79 Å². The second-order valence-electron chi connectivity index (χ2n) is 7.53. The lowest BCUT2D eigenvalue weighted by molar-refractivity contribution is 0.0937. The van der Waals surface area contributed by atoms with Crippen LogP contribution < -0.4 is 10.1 Å². The van der Waals surface area contributed by atoms with Gasteiger partial charge in [0.2, 0.25) is 0 Å². The smallest absolute Gasteiger partial charge is 0.252 e. The molecule has 3 aromatic rings. The molecule has 0 bridgehead atoms. The minimum atomic E-state index is -0.409. The van der Waals surface area contributed by atoms with Crippen molar-refractivity contribution in [3.8, 4) is 17.6 Å². The molecule has 0 radical (unpaired) electrons. The van der Waals surface area contributed by atoms with Crippen molar-refractivity contribution < 1.29 is 9.53 Å². The molecule has 1 saturated carbocycles. The second kappa shape index (κ2) is 8.33. The Balaban J connectivity index is 1.49. The average Bonchev–Trinajstić information content (AvgIpc) is 3.45. The first-order chi connectivity index (χ1) is 14.5. The van der Waals surface area contributed by atoms with Gasteiger partial charge >= 0.3 is 0 Å². The minimum Gasteiger partial charge on any atom is -0.493 e. The van der Waals surface area contributed by atoms with Gasteiger partial charge in [-0.3, -0.25) is 4.79 Å². The van der Waals surface area contributed by atoms with Crippen LogP contribution in [0.2, 0.25) is 0 Å². The van der Waals surface area contributed by atoms with Crippen LogP contribution in [0.15, 0.2) is 42.9 Å². The monoisotopic (exact) mass is 402 g/mol. The van der Waals surface area contributed by atoms with Crippen molar-refractivity contribution >= 4 is 5.91 Å². The Morgan fingerprint density at radius 2 is 2.17 bits per heavy atom. The van der Waals surface area contributed by atoms with Crippen molar-refractivity contribution in [2.24, 2.45) is 5.92 Å². The van der Waals surface area contributed by atoms with E-state index in [4.69, 9.17) is 10.00 Å². The standard InChI is InChI=1S/C22H22N6O2/c1-14-7-18(9-19(8-14)30-12-16-3-4-16)22(29)27-15(2)21-25-13-26-28(21)20-6-5-17(10-23)11-24-20/h5-9,11,13,15-16H,3-4,12H2,1-2H3,(H,27,29)/t15-/m0/s1. The van der Waals surface area contributed by atoms with Crippen molar-refractivity contribution in [1.82, 2.24) is 25.1 Å². The highest BCUT2D eigenvalue weighted by Gasteiger charge is 2.22. The Hall–Kier alpha value is -3.73. The molecule has 0 saturated heterocycles. The Kier molecular flexibility index (Phi) is 5.44. The number of nitrogens with one attached hydrogen (secondary N) is 1. The van der Waals surface area contributed by atoms with Crippen LogP contribution in [0.4, 0.5) is 0 Å². The Labute approximate surface area is 174 Å². The van der Waals surface area contributed by atoms with Crippen molar-refractivity contribution in [1.29, 1.82) is 5.26 Å². The third-order valence-electron chi connectivity index (χ3n) is 4.90. The van der Waals surface area contributed by atoms with Gasteiger partial charge in [-0.05, 0) is 68.5 Å². The highest BCUT2D eigenvalue weighted by atomic mass is 16.5. The van der Waals surface area contributed by atoms with Crippen LogP contribution in [0.5, 0.6) is 5.75 Å². The summed E-state index contributed by atoms with van der Waals surface area (Å²) >= 11 is 0. The van der Waals surface area contributed by atoms with Gasteiger partial charge in [0, 0.05) is 11.8 Å². The van der Waals surface area contributed by atoms with Crippen LogP contribution >= 0.6 is 0 Å². The van der Waals surface area contributed by atoms with Crippen molar-refractivity contribution in [2.45, 2.75) is 32.7 Å². The van der Waals surface area contributed by atoms with E-state index in [-0.39, 0.29) is 5.91 Å². The molecule has 1 N–H and O–H groups in total. The zero-order chi connectivity index (χ0) is 21.1. The molecule has 1 atom stereocenters. The van der Waals surface area contributed by atoms with E-state index < -0.39 is 6.04 Å². The van der Waals surface area contributed by atoms with E-state index in [2.05, 4.69) is 20.4 Å². The van der Waals surface area contributed by atoms with E-state index in [1.54, 1.807) is 22.9 Å². The lowest BCUT2D eigenvalue weighted by Crippen LogP contribution is -2.29. The molecule has 8 nitrogen and oxygen atoms in total. The fourth-order valence-corrected chi connectivity index (χ4v) is 3.11. The number of ether oxygens (including phenoxy) is 1. The normalized spacial score (nSPS) is 14.0. The maximum atomic E-state index is 12.9. The van der Waals surface area contributed by atoms with Gasteiger partial charge < -0.3 is 10.1 Å². The largest absolute Gasteiger partial charge is 0.493 e. The predicted molar refractivity (Wildman–Crippen MR) is 109 cm³/mol. The molecule has 4 rings (SSSR count). The number of amides is 1. The summed E-state index contributed by atoms with van der Waals surface area (Å²) in [6.45, 7) is 4.47. The van der Waals surface area contributed by atoms with Crippen LogP contribution in [-0.4, -0.2) is 32.3 Å². The van der Waals surface area contributed by atoms with E-state index in [0.717, 1.165) is 5.56 Å². The van der Waals surface area contributed by atoms with Gasteiger partial charge in [-0.2, -0.15) is 15.0 Å². The van der Waals surface area contributed by atoms with Gasteiger partial charge in [-0.1, -0.05) is 0 Å². The summed E-state index contributed by atoms with van der Waals surface area (Å²) in [5.74, 6) is 2.20. The SMILES string of the molecule is Cc1cc(OCC2CC2)cc(C(=O)N[C@@H](C)c2ncnn2-c2ccc(C#N)cn2)c1. The molecule has 1 aliphatic rings. The van der Waals surface area contributed by atoms with Crippen LogP contribution in [0, 0.1) is 24.2 Å². The maximum Gasteiger partial charge on any atom is 0.252 e. The maximum absolute atomic E-state index is 12.9. The number of pyridine rings is 1. The predicted octanol–water partition coefficient (Wildman–Crippen LogP) is 3.12. The summed E-state index contributed by atoms with van der Waals surface area (Å²) in [4.78, 5) is 21.4. The summed E-state index contributed by atoms with van der Waals surface area (Å²) in [6, 6.07) is 10.5. The molecule has 30 heavy (non-hydrogen) atoms. The molecule has 8 heteroatoms. The first-order valence-electron chi connectivity index (χ1n) is 9.85. The van der Waals surface area contributed by atoms with E-state index in [1.807, 2.05) is 32.0 Å². The molecule has 152 valence electrons. The Morgan fingerprint density at radius 3 is 2.87 bits per heavy atom. The van der Waals surface area contributed by atoms with E-state index >= 15 is 0 Å². The topological polar surface area (TPSA) is 106 Å². The van der Waals surface area contributed by atoms with Crippen LogP contribution in [-0.2, 0) is 0 Å². The second-order valence-corrected chi connectivity index (χ2v) is 7.53. The van der Waals surface area contributed by atoms with Crippen molar-refractivity contribution in [2.75, 3.05) is 6.61 Å². The zero-order valence-corrected chi connectivity index (χ0v) is 16.9. The molecule has 1 aromatic carbocycles. The Bertz CT molecular complexity index is 1100. The number of nitriles is 1. The fourth-order valence-electron chi connectivity index (χ4n) is 3.11. The van der Waals surface area contributed by atoms with Crippen molar-refractivity contribution in [3.05, 3.63) is 65.4 Å². The van der Waals surface area contributed by atoms with E-state index in [1.165, 1.54) is 25.4 Å². The number of carbonyl (C=O) groups excluding carboxylic acids is 1. The molecule has 0 aliphatic heterocycles. The number of hydrogen-bond donors (Lipinski definition) is 1. The lowest BCUT2D eigenvalue weighted by Gasteiger charge is -2.15.